The van der Waals surface area contributed by atoms with E-state index in [1.807, 2.05) is 5.43 Å². The van der Waals surface area contributed by atoms with Crippen LogP contribution >= 0.6 is 0 Å². The van der Waals surface area contributed by atoms with Crippen LogP contribution in [-0.4, -0.2) is 34.8 Å². The number of likely N-dealkylation sites (N-methyl/N-ethyl adjacent to an activating group) is 1. The lowest BCUT2D eigenvalue weighted by molar-refractivity contribution is -0.144. The van der Waals surface area contributed by atoms with E-state index in [1.165, 1.54) is 24.9 Å². The average Bonchev–Trinajstić information content (AvgIpc) is 2.26. The van der Waals surface area contributed by atoms with E-state index in [4.69, 9.17) is 5.84 Å². The normalized spacial score (nSPS) is 13.3. The second-order valence-corrected chi connectivity index (χ2v) is 3.81. The Bertz CT molecular complexity index is 410. The van der Waals surface area contributed by atoms with Crippen LogP contribution in [0.5, 0.6) is 0 Å². The van der Waals surface area contributed by atoms with Crippen LogP contribution in [0.4, 0.5) is 24.8 Å². The number of aliphatic hydroxyl groups is 1. The number of nitrogens with one attached hydrogen (secondary N) is 1. The third-order valence-corrected chi connectivity index (χ3v) is 2.04. The zero-order chi connectivity index (χ0) is 13.9. The molecule has 1 aromatic rings. The molecule has 18 heavy (non-hydrogen) atoms. The number of aliphatic hydroxyl groups excluding tert-OH is 1. The molecule has 0 aliphatic heterocycles. The Morgan fingerprint density at radius 2 is 2.11 bits per heavy atom. The van der Waals surface area contributed by atoms with Crippen LogP contribution in [0.15, 0.2) is 6.07 Å². The summed E-state index contributed by atoms with van der Waals surface area (Å²) in [6, 6.07) is 1.26. The van der Waals surface area contributed by atoms with Crippen molar-refractivity contribution in [1.29, 1.82) is 0 Å². The van der Waals surface area contributed by atoms with E-state index >= 15 is 0 Å². The standard InChI is InChI=1S/C9H14F3N5O/c1-5(18)4-17(2)7-3-6(16-13)14-8(15-7)9(10,11)12/h3,5,18H,4,13H2,1-2H3,(H,14,15,16). The summed E-state index contributed by atoms with van der Waals surface area (Å²) in [6.45, 7) is 1.66. The van der Waals surface area contributed by atoms with Gasteiger partial charge in [0.15, 0.2) is 0 Å². The molecule has 102 valence electrons. The fraction of sp³-hybridized carbons (Fsp3) is 0.556. The first-order valence-corrected chi connectivity index (χ1v) is 5.06. The van der Waals surface area contributed by atoms with Crippen LogP contribution < -0.4 is 16.2 Å². The molecule has 0 fully saturated rings. The second kappa shape index (κ2) is 5.36. The summed E-state index contributed by atoms with van der Waals surface area (Å²) < 4.78 is 37.6. The van der Waals surface area contributed by atoms with Crippen molar-refractivity contribution in [3.63, 3.8) is 0 Å². The van der Waals surface area contributed by atoms with Gasteiger partial charge in [0.1, 0.15) is 11.6 Å². The van der Waals surface area contributed by atoms with Gasteiger partial charge in [0, 0.05) is 19.7 Å². The van der Waals surface area contributed by atoms with Crippen LogP contribution in [0.1, 0.15) is 12.7 Å². The van der Waals surface area contributed by atoms with E-state index in [0.29, 0.717) is 0 Å². The maximum Gasteiger partial charge on any atom is 0.451 e. The summed E-state index contributed by atoms with van der Waals surface area (Å²) in [5.74, 6) is 3.64. The molecule has 0 bridgehead atoms. The number of nitrogen functional groups attached to an aromatic ring is 1. The highest BCUT2D eigenvalue weighted by Crippen LogP contribution is 2.28. The van der Waals surface area contributed by atoms with Crippen molar-refractivity contribution in [2.45, 2.75) is 19.2 Å². The molecule has 6 nitrogen and oxygen atoms in total. The number of aromatic nitrogens is 2. The molecule has 1 aromatic heterocycles. The highest BCUT2D eigenvalue weighted by atomic mass is 19.4. The summed E-state index contributed by atoms with van der Waals surface area (Å²) in [6.07, 6.45) is -5.36. The van der Waals surface area contributed by atoms with E-state index in [-0.39, 0.29) is 18.2 Å². The molecule has 0 saturated heterocycles. The highest BCUT2D eigenvalue weighted by molar-refractivity contribution is 5.48. The smallest absolute Gasteiger partial charge is 0.392 e. The van der Waals surface area contributed by atoms with Crippen molar-refractivity contribution in [2.24, 2.45) is 5.84 Å². The topological polar surface area (TPSA) is 87.3 Å². The predicted molar refractivity (Wildman–Crippen MR) is 59.8 cm³/mol. The maximum atomic E-state index is 12.5. The Morgan fingerprint density at radius 3 is 2.56 bits per heavy atom. The summed E-state index contributed by atoms with van der Waals surface area (Å²) in [4.78, 5) is 7.99. The van der Waals surface area contributed by atoms with Gasteiger partial charge >= 0.3 is 6.18 Å². The quantitative estimate of drug-likeness (QED) is 0.546. The molecule has 1 heterocycles. The van der Waals surface area contributed by atoms with Gasteiger partial charge in [-0.3, -0.25) is 0 Å². The summed E-state index contributed by atoms with van der Waals surface area (Å²) in [5, 5.41) is 9.19. The molecule has 0 spiro atoms. The van der Waals surface area contributed by atoms with Gasteiger partial charge in [-0.2, -0.15) is 13.2 Å². The molecule has 0 amide bonds. The zero-order valence-electron chi connectivity index (χ0n) is 9.86. The fourth-order valence-electron chi connectivity index (χ4n) is 1.32. The van der Waals surface area contributed by atoms with Crippen molar-refractivity contribution < 1.29 is 18.3 Å². The van der Waals surface area contributed by atoms with E-state index in [1.54, 1.807) is 0 Å². The van der Waals surface area contributed by atoms with Gasteiger partial charge in [-0.15, -0.1) is 0 Å². The molecule has 0 radical (unpaired) electrons. The van der Waals surface area contributed by atoms with Crippen LogP contribution in [-0.2, 0) is 6.18 Å². The van der Waals surface area contributed by atoms with Crippen LogP contribution in [0.25, 0.3) is 0 Å². The van der Waals surface area contributed by atoms with Gasteiger partial charge in [-0.05, 0) is 6.92 Å². The Kier molecular flexibility index (Phi) is 4.30. The number of nitrogens with two attached hydrogens (primary N) is 1. The Labute approximate surface area is 102 Å². The number of rotatable bonds is 4. The van der Waals surface area contributed by atoms with Crippen molar-refractivity contribution in [1.82, 2.24) is 9.97 Å². The van der Waals surface area contributed by atoms with Crippen molar-refractivity contribution in [3.8, 4) is 0 Å². The molecule has 0 aromatic carbocycles. The van der Waals surface area contributed by atoms with Gasteiger partial charge in [0.25, 0.3) is 0 Å². The molecule has 4 N–H and O–H groups in total. The summed E-state index contributed by atoms with van der Waals surface area (Å²) in [5.41, 5.74) is 2.05. The van der Waals surface area contributed by atoms with E-state index in [9.17, 15) is 18.3 Å². The number of halogens is 3. The molecule has 0 saturated carbocycles. The summed E-state index contributed by atoms with van der Waals surface area (Å²) in [7, 11) is 1.51. The molecule has 0 aliphatic rings. The lowest BCUT2D eigenvalue weighted by atomic mass is 10.3. The number of anilines is 2. The molecule has 1 rings (SSSR count). The number of alkyl halides is 3. The first kappa shape index (κ1) is 14.5. The number of hydrazine groups is 1. The summed E-state index contributed by atoms with van der Waals surface area (Å²) >= 11 is 0. The molecule has 0 aliphatic carbocycles. The monoisotopic (exact) mass is 265 g/mol. The molecule has 9 heteroatoms. The minimum Gasteiger partial charge on any atom is -0.392 e. The fourth-order valence-corrected chi connectivity index (χ4v) is 1.32. The zero-order valence-corrected chi connectivity index (χ0v) is 9.86. The third-order valence-electron chi connectivity index (χ3n) is 2.04. The molecule has 1 unspecified atom stereocenters. The molecule has 1 atom stereocenters. The second-order valence-electron chi connectivity index (χ2n) is 3.81. The molecular formula is C9H14F3N5O. The Balaban J connectivity index is 3.12. The van der Waals surface area contributed by atoms with Crippen LogP contribution in [0.3, 0.4) is 0 Å². The SMILES string of the molecule is CC(O)CN(C)c1cc(NN)nc(C(F)(F)F)n1. The van der Waals surface area contributed by atoms with Gasteiger partial charge in [-0.25, -0.2) is 15.8 Å². The first-order valence-electron chi connectivity index (χ1n) is 5.06. The Hall–Kier alpha value is -1.61. The van der Waals surface area contributed by atoms with Crippen molar-refractivity contribution in [3.05, 3.63) is 11.9 Å². The van der Waals surface area contributed by atoms with E-state index < -0.39 is 18.1 Å². The molecular weight excluding hydrogens is 251 g/mol. The van der Waals surface area contributed by atoms with Gasteiger partial charge in [0.2, 0.25) is 5.82 Å². The van der Waals surface area contributed by atoms with Crippen LogP contribution in [0.2, 0.25) is 0 Å². The van der Waals surface area contributed by atoms with Gasteiger partial charge in [0.05, 0.1) is 6.10 Å². The Morgan fingerprint density at radius 1 is 1.50 bits per heavy atom. The first-order chi connectivity index (χ1) is 8.24. The number of hydrogen-bond donors (Lipinski definition) is 3. The van der Waals surface area contributed by atoms with E-state index in [2.05, 4.69) is 9.97 Å². The van der Waals surface area contributed by atoms with Gasteiger partial charge < -0.3 is 15.4 Å². The largest absolute Gasteiger partial charge is 0.451 e. The number of hydrogen-bond acceptors (Lipinski definition) is 6. The van der Waals surface area contributed by atoms with Crippen molar-refractivity contribution in [2.75, 3.05) is 23.9 Å². The lowest BCUT2D eigenvalue weighted by Crippen LogP contribution is -2.29. The predicted octanol–water partition coefficient (Wildman–Crippen LogP) is 0.598. The maximum absolute atomic E-state index is 12.5. The third kappa shape index (κ3) is 3.70. The highest BCUT2D eigenvalue weighted by Gasteiger charge is 2.35. The average molecular weight is 265 g/mol. The minimum absolute atomic E-state index is 0.0196. The van der Waals surface area contributed by atoms with E-state index in [0.717, 1.165) is 0 Å². The minimum atomic E-state index is -4.66. The van der Waals surface area contributed by atoms with Crippen LogP contribution in [0, 0.1) is 0 Å². The van der Waals surface area contributed by atoms with Crippen molar-refractivity contribution >= 4 is 11.6 Å². The van der Waals surface area contributed by atoms with Gasteiger partial charge in [-0.1, -0.05) is 0 Å². The number of nitrogens with zero attached hydrogens (tertiary/aromatic N) is 3. The lowest BCUT2D eigenvalue weighted by Gasteiger charge is -2.21.